The molecule has 1 aliphatic carbocycles. The molecule has 0 aromatic rings. The first-order chi connectivity index (χ1) is 6.99. The van der Waals surface area contributed by atoms with E-state index in [-0.39, 0.29) is 0 Å². The van der Waals surface area contributed by atoms with Gasteiger partial charge in [0.2, 0.25) is 0 Å². The average Bonchev–Trinajstić information content (AvgIpc) is 2.47. The Hall–Kier alpha value is -0.830. The van der Waals surface area contributed by atoms with Crippen molar-refractivity contribution in [2.45, 2.75) is 51.6 Å². The standard InChI is InChI=1S/C12H20O3/c1-3-4-5-10(11(13)14)12(15)7-6-9(2)8-12/h8,10,15H,3-7H2,1-2H3,(H,13,14). The van der Waals surface area contributed by atoms with E-state index in [9.17, 15) is 9.90 Å². The maximum absolute atomic E-state index is 11.1. The van der Waals surface area contributed by atoms with E-state index in [0.717, 1.165) is 24.8 Å². The summed E-state index contributed by atoms with van der Waals surface area (Å²) >= 11 is 0. The number of unbranched alkanes of at least 4 members (excludes halogenated alkanes) is 1. The van der Waals surface area contributed by atoms with Crippen LogP contribution >= 0.6 is 0 Å². The Kier molecular flexibility index (Phi) is 3.91. The minimum atomic E-state index is -1.11. The van der Waals surface area contributed by atoms with E-state index in [2.05, 4.69) is 0 Å². The molecular weight excluding hydrogens is 192 g/mol. The largest absolute Gasteiger partial charge is 0.481 e. The molecule has 0 radical (unpaired) electrons. The van der Waals surface area contributed by atoms with E-state index >= 15 is 0 Å². The quantitative estimate of drug-likeness (QED) is 0.688. The molecule has 0 fully saturated rings. The Morgan fingerprint density at radius 1 is 1.67 bits per heavy atom. The molecule has 2 N–H and O–H groups in total. The van der Waals surface area contributed by atoms with E-state index in [1.54, 1.807) is 6.08 Å². The Morgan fingerprint density at radius 2 is 2.33 bits per heavy atom. The van der Waals surface area contributed by atoms with Gasteiger partial charge < -0.3 is 10.2 Å². The van der Waals surface area contributed by atoms with Gasteiger partial charge in [0.05, 0.1) is 11.5 Å². The molecule has 2 unspecified atom stereocenters. The lowest BCUT2D eigenvalue weighted by Crippen LogP contribution is -2.39. The molecular formula is C12H20O3. The molecule has 15 heavy (non-hydrogen) atoms. The van der Waals surface area contributed by atoms with Crippen molar-refractivity contribution < 1.29 is 15.0 Å². The second kappa shape index (κ2) is 4.79. The topological polar surface area (TPSA) is 57.5 Å². The third kappa shape index (κ3) is 2.81. The van der Waals surface area contributed by atoms with Gasteiger partial charge in [0.15, 0.2) is 0 Å². The molecule has 0 spiro atoms. The number of carboxylic acid groups (broad SMARTS) is 1. The van der Waals surface area contributed by atoms with Gasteiger partial charge in [0, 0.05) is 0 Å². The smallest absolute Gasteiger partial charge is 0.309 e. The van der Waals surface area contributed by atoms with Crippen molar-refractivity contribution in [1.82, 2.24) is 0 Å². The van der Waals surface area contributed by atoms with Gasteiger partial charge in [-0.05, 0) is 26.2 Å². The van der Waals surface area contributed by atoms with Crippen LogP contribution in [0, 0.1) is 5.92 Å². The van der Waals surface area contributed by atoms with Crippen LogP contribution in [0.25, 0.3) is 0 Å². The van der Waals surface area contributed by atoms with Crippen molar-refractivity contribution in [1.29, 1.82) is 0 Å². The fourth-order valence-electron chi connectivity index (χ4n) is 2.24. The summed E-state index contributed by atoms with van der Waals surface area (Å²) in [5.74, 6) is -1.52. The highest BCUT2D eigenvalue weighted by molar-refractivity contribution is 5.72. The molecule has 0 aromatic carbocycles. The molecule has 1 aliphatic rings. The summed E-state index contributed by atoms with van der Waals surface area (Å²) in [6.07, 6.45) is 5.48. The van der Waals surface area contributed by atoms with Gasteiger partial charge in [-0.25, -0.2) is 0 Å². The number of hydrogen-bond acceptors (Lipinski definition) is 2. The first-order valence-electron chi connectivity index (χ1n) is 5.63. The van der Waals surface area contributed by atoms with Gasteiger partial charge in [-0.2, -0.15) is 0 Å². The lowest BCUT2D eigenvalue weighted by molar-refractivity contribution is -0.149. The van der Waals surface area contributed by atoms with Gasteiger partial charge in [-0.15, -0.1) is 0 Å². The summed E-state index contributed by atoms with van der Waals surface area (Å²) in [6.45, 7) is 3.97. The van der Waals surface area contributed by atoms with Crippen LogP contribution in [0.5, 0.6) is 0 Å². The van der Waals surface area contributed by atoms with Crippen molar-refractivity contribution in [3.05, 3.63) is 11.6 Å². The van der Waals surface area contributed by atoms with Gasteiger partial charge in [-0.1, -0.05) is 31.4 Å². The second-order valence-electron chi connectivity index (χ2n) is 4.51. The Labute approximate surface area is 90.8 Å². The minimum absolute atomic E-state index is 0.555. The summed E-state index contributed by atoms with van der Waals surface area (Å²) < 4.78 is 0. The molecule has 0 bridgehead atoms. The zero-order chi connectivity index (χ0) is 11.5. The molecule has 0 saturated heterocycles. The van der Waals surface area contributed by atoms with Crippen LogP contribution in [-0.4, -0.2) is 21.8 Å². The Balaban J connectivity index is 2.75. The van der Waals surface area contributed by atoms with Gasteiger partial charge in [-0.3, -0.25) is 4.79 Å². The third-order valence-electron chi connectivity index (χ3n) is 3.16. The van der Waals surface area contributed by atoms with Gasteiger partial charge in [0.25, 0.3) is 0 Å². The molecule has 0 heterocycles. The SMILES string of the molecule is CCCCC(C(=O)O)C1(O)C=C(C)CC1. The van der Waals surface area contributed by atoms with Crippen LogP contribution in [-0.2, 0) is 4.79 Å². The second-order valence-corrected chi connectivity index (χ2v) is 4.51. The first kappa shape index (κ1) is 12.2. The third-order valence-corrected chi connectivity index (χ3v) is 3.16. The van der Waals surface area contributed by atoms with E-state index in [4.69, 9.17) is 5.11 Å². The van der Waals surface area contributed by atoms with Crippen LogP contribution in [0.3, 0.4) is 0 Å². The fraction of sp³-hybridized carbons (Fsp3) is 0.750. The molecule has 86 valence electrons. The molecule has 1 rings (SSSR count). The molecule has 0 aromatic heterocycles. The zero-order valence-corrected chi connectivity index (χ0v) is 9.49. The van der Waals surface area contributed by atoms with E-state index in [1.165, 1.54) is 0 Å². The number of carbonyl (C=O) groups is 1. The zero-order valence-electron chi connectivity index (χ0n) is 9.49. The van der Waals surface area contributed by atoms with Crippen LogP contribution in [0.15, 0.2) is 11.6 Å². The highest BCUT2D eigenvalue weighted by atomic mass is 16.4. The van der Waals surface area contributed by atoms with Crippen LogP contribution < -0.4 is 0 Å². The maximum Gasteiger partial charge on any atom is 0.309 e. The Morgan fingerprint density at radius 3 is 2.73 bits per heavy atom. The number of allylic oxidation sites excluding steroid dienone is 1. The van der Waals surface area contributed by atoms with Crippen LogP contribution in [0.1, 0.15) is 46.0 Å². The van der Waals surface area contributed by atoms with Gasteiger partial charge >= 0.3 is 5.97 Å². The number of hydrogen-bond donors (Lipinski definition) is 2. The molecule has 0 aliphatic heterocycles. The summed E-state index contributed by atoms with van der Waals surface area (Å²) in [5, 5.41) is 19.4. The normalized spacial score (nSPS) is 27.5. The number of rotatable bonds is 5. The summed E-state index contributed by atoms with van der Waals surface area (Å²) in [5.41, 5.74) is -0.00861. The molecule has 3 heteroatoms. The summed E-state index contributed by atoms with van der Waals surface area (Å²) in [7, 11) is 0. The molecule has 0 saturated carbocycles. The number of aliphatic hydroxyl groups is 1. The summed E-state index contributed by atoms with van der Waals surface area (Å²) in [4.78, 5) is 11.1. The van der Waals surface area contributed by atoms with Crippen molar-refractivity contribution in [2.24, 2.45) is 5.92 Å². The van der Waals surface area contributed by atoms with Crippen molar-refractivity contribution in [2.75, 3.05) is 0 Å². The number of aliphatic carboxylic acids is 1. The highest BCUT2D eigenvalue weighted by Crippen LogP contribution is 2.36. The highest BCUT2D eigenvalue weighted by Gasteiger charge is 2.41. The average molecular weight is 212 g/mol. The van der Waals surface area contributed by atoms with Crippen LogP contribution in [0.2, 0.25) is 0 Å². The first-order valence-corrected chi connectivity index (χ1v) is 5.63. The predicted molar refractivity (Wildman–Crippen MR) is 58.6 cm³/mol. The van der Waals surface area contributed by atoms with Crippen LogP contribution in [0.4, 0.5) is 0 Å². The van der Waals surface area contributed by atoms with Crippen molar-refractivity contribution in [3.63, 3.8) is 0 Å². The number of carboxylic acids is 1. The summed E-state index contributed by atoms with van der Waals surface area (Å²) in [6, 6.07) is 0. The minimum Gasteiger partial charge on any atom is -0.481 e. The lowest BCUT2D eigenvalue weighted by atomic mass is 9.83. The monoisotopic (exact) mass is 212 g/mol. The van der Waals surface area contributed by atoms with Crippen molar-refractivity contribution >= 4 is 5.97 Å². The van der Waals surface area contributed by atoms with Crippen molar-refractivity contribution in [3.8, 4) is 0 Å². The van der Waals surface area contributed by atoms with E-state index in [1.807, 2.05) is 13.8 Å². The maximum atomic E-state index is 11.1. The molecule has 3 nitrogen and oxygen atoms in total. The van der Waals surface area contributed by atoms with Gasteiger partial charge in [0.1, 0.15) is 0 Å². The van der Waals surface area contributed by atoms with E-state index < -0.39 is 17.5 Å². The molecule has 2 atom stereocenters. The fourth-order valence-corrected chi connectivity index (χ4v) is 2.24. The Bertz CT molecular complexity index is 270. The lowest BCUT2D eigenvalue weighted by Gasteiger charge is -2.27. The van der Waals surface area contributed by atoms with E-state index in [0.29, 0.717) is 12.8 Å². The molecule has 0 amide bonds. The predicted octanol–water partition coefficient (Wildman–Crippen LogP) is 2.35.